The lowest BCUT2D eigenvalue weighted by molar-refractivity contribution is -0.119. The number of hydrogen-bond donors (Lipinski definition) is 1. The molecule has 0 saturated carbocycles. The maximum absolute atomic E-state index is 12.4. The van der Waals surface area contributed by atoms with E-state index >= 15 is 0 Å². The van der Waals surface area contributed by atoms with Crippen molar-refractivity contribution in [2.24, 2.45) is 5.92 Å². The fourth-order valence-corrected chi connectivity index (χ4v) is 4.76. The molecule has 0 aromatic heterocycles. The van der Waals surface area contributed by atoms with Crippen molar-refractivity contribution in [3.05, 3.63) is 58.6 Å². The standard InChI is InChI=1S/C22H28BrN3O3S/c1-17-4-3-13-25(15-17)20-9-5-18(6-10-20)14-24-22(27)16-26(30(2,28)29)21-11-7-19(23)8-12-21/h5-12,17H,3-4,13-16H2,1-2H3,(H,24,27). The Morgan fingerprint density at radius 2 is 1.83 bits per heavy atom. The van der Waals surface area contributed by atoms with E-state index in [1.165, 1.54) is 18.5 Å². The average molecular weight is 494 g/mol. The Morgan fingerprint density at radius 3 is 2.43 bits per heavy atom. The fraction of sp³-hybridized carbons (Fsp3) is 0.409. The molecule has 0 spiro atoms. The molecule has 1 N–H and O–H groups in total. The minimum atomic E-state index is -3.58. The second-order valence-electron chi connectivity index (χ2n) is 7.88. The zero-order valence-corrected chi connectivity index (χ0v) is 19.7. The van der Waals surface area contributed by atoms with Gasteiger partial charge >= 0.3 is 0 Å². The first-order chi connectivity index (χ1) is 14.2. The Bertz CT molecular complexity index is 962. The number of benzene rings is 2. The predicted octanol–water partition coefficient (Wildman–Crippen LogP) is 3.77. The summed E-state index contributed by atoms with van der Waals surface area (Å²) in [5.74, 6) is 0.360. The number of carbonyl (C=O) groups is 1. The summed E-state index contributed by atoms with van der Waals surface area (Å²) in [5, 5.41) is 2.82. The normalized spacial score (nSPS) is 16.9. The zero-order valence-electron chi connectivity index (χ0n) is 17.3. The number of nitrogens with zero attached hydrogens (tertiary/aromatic N) is 2. The van der Waals surface area contributed by atoms with Crippen molar-refractivity contribution in [3.63, 3.8) is 0 Å². The third-order valence-corrected chi connectivity index (χ3v) is 6.92. The van der Waals surface area contributed by atoms with Gasteiger partial charge in [0.05, 0.1) is 11.9 Å². The van der Waals surface area contributed by atoms with Crippen molar-refractivity contribution >= 4 is 43.2 Å². The van der Waals surface area contributed by atoms with Gasteiger partial charge in [0.15, 0.2) is 0 Å². The summed E-state index contributed by atoms with van der Waals surface area (Å²) in [6.07, 6.45) is 3.60. The Morgan fingerprint density at radius 1 is 1.17 bits per heavy atom. The molecule has 1 heterocycles. The second-order valence-corrected chi connectivity index (χ2v) is 10.7. The summed E-state index contributed by atoms with van der Waals surface area (Å²) < 4.78 is 26.3. The molecule has 2 aromatic rings. The smallest absolute Gasteiger partial charge is 0.241 e. The van der Waals surface area contributed by atoms with Gasteiger partial charge in [-0.1, -0.05) is 35.0 Å². The van der Waals surface area contributed by atoms with Crippen LogP contribution in [-0.4, -0.2) is 40.2 Å². The summed E-state index contributed by atoms with van der Waals surface area (Å²) in [6, 6.07) is 15.0. The average Bonchev–Trinajstić information content (AvgIpc) is 2.71. The number of hydrogen-bond acceptors (Lipinski definition) is 4. The predicted molar refractivity (Wildman–Crippen MR) is 125 cm³/mol. The van der Waals surface area contributed by atoms with Gasteiger partial charge in [-0.15, -0.1) is 0 Å². The summed E-state index contributed by atoms with van der Waals surface area (Å²) in [5.41, 5.74) is 2.64. The fourth-order valence-electron chi connectivity index (χ4n) is 3.64. The van der Waals surface area contributed by atoms with Crippen LogP contribution in [0, 0.1) is 5.92 Å². The number of amides is 1. The zero-order chi connectivity index (χ0) is 21.7. The van der Waals surface area contributed by atoms with E-state index in [1.54, 1.807) is 24.3 Å². The number of rotatable bonds is 7. The second kappa shape index (κ2) is 9.83. The van der Waals surface area contributed by atoms with Crippen LogP contribution in [0.3, 0.4) is 0 Å². The van der Waals surface area contributed by atoms with Crippen molar-refractivity contribution in [1.29, 1.82) is 0 Å². The highest BCUT2D eigenvalue weighted by Gasteiger charge is 2.21. The van der Waals surface area contributed by atoms with Gasteiger partial charge in [-0.2, -0.15) is 0 Å². The molecule has 1 fully saturated rings. The summed E-state index contributed by atoms with van der Waals surface area (Å²) >= 11 is 3.33. The SMILES string of the molecule is CC1CCCN(c2ccc(CNC(=O)CN(c3ccc(Br)cc3)S(C)(=O)=O)cc2)C1. The van der Waals surface area contributed by atoms with E-state index in [9.17, 15) is 13.2 Å². The van der Waals surface area contributed by atoms with Crippen molar-refractivity contribution in [2.45, 2.75) is 26.3 Å². The van der Waals surface area contributed by atoms with Gasteiger partial charge in [0, 0.05) is 29.8 Å². The third-order valence-electron chi connectivity index (χ3n) is 5.25. The Balaban J connectivity index is 1.58. The molecule has 30 heavy (non-hydrogen) atoms. The molecule has 1 saturated heterocycles. The van der Waals surface area contributed by atoms with Crippen LogP contribution in [0.2, 0.25) is 0 Å². The molecule has 162 valence electrons. The van der Waals surface area contributed by atoms with Gasteiger partial charge in [-0.05, 0) is 60.7 Å². The lowest BCUT2D eigenvalue weighted by Crippen LogP contribution is -2.40. The van der Waals surface area contributed by atoms with Crippen LogP contribution in [0.25, 0.3) is 0 Å². The topological polar surface area (TPSA) is 69.7 Å². The molecule has 2 aromatic carbocycles. The minimum Gasteiger partial charge on any atom is -0.371 e. The molecule has 0 aliphatic carbocycles. The van der Waals surface area contributed by atoms with E-state index in [-0.39, 0.29) is 12.5 Å². The molecule has 0 radical (unpaired) electrons. The molecular weight excluding hydrogens is 466 g/mol. The molecule has 1 aliphatic heterocycles. The van der Waals surface area contributed by atoms with Gasteiger partial charge in [-0.25, -0.2) is 8.42 Å². The number of piperidine rings is 1. The van der Waals surface area contributed by atoms with Crippen molar-refractivity contribution in [2.75, 3.05) is 35.1 Å². The summed E-state index contributed by atoms with van der Waals surface area (Å²) in [7, 11) is -3.58. The molecule has 1 amide bonds. The lowest BCUT2D eigenvalue weighted by atomic mass is 9.99. The van der Waals surface area contributed by atoms with Gasteiger partial charge in [0.25, 0.3) is 0 Å². The molecule has 1 unspecified atom stereocenters. The highest BCUT2D eigenvalue weighted by molar-refractivity contribution is 9.10. The maximum Gasteiger partial charge on any atom is 0.241 e. The van der Waals surface area contributed by atoms with E-state index in [0.717, 1.165) is 33.7 Å². The Hall–Kier alpha value is -2.06. The van der Waals surface area contributed by atoms with E-state index in [2.05, 4.69) is 45.2 Å². The molecule has 0 bridgehead atoms. The molecule has 8 heteroatoms. The van der Waals surface area contributed by atoms with Crippen molar-refractivity contribution < 1.29 is 13.2 Å². The molecular formula is C22H28BrN3O3S. The molecule has 3 rings (SSSR count). The first kappa shape index (κ1) is 22.6. The van der Waals surface area contributed by atoms with Crippen molar-refractivity contribution in [1.82, 2.24) is 5.32 Å². The number of carbonyl (C=O) groups excluding carboxylic acids is 1. The van der Waals surface area contributed by atoms with Crippen LogP contribution in [0.4, 0.5) is 11.4 Å². The van der Waals surface area contributed by atoms with Gasteiger partial charge in [0.1, 0.15) is 6.54 Å². The van der Waals surface area contributed by atoms with E-state index in [4.69, 9.17) is 0 Å². The van der Waals surface area contributed by atoms with Crippen molar-refractivity contribution in [3.8, 4) is 0 Å². The number of nitrogens with one attached hydrogen (secondary N) is 1. The highest BCUT2D eigenvalue weighted by Crippen LogP contribution is 2.23. The number of sulfonamides is 1. The van der Waals surface area contributed by atoms with Gasteiger partial charge < -0.3 is 10.2 Å². The van der Waals surface area contributed by atoms with Crippen LogP contribution in [0.5, 0.6) is 0 Å². The molecule has 6 nitrogen and oxygen atoms in total. The highest BCUT2D eigenvalue weighted by atomic mass is 79.9. The van der Waals surface area contributed by atoms with E-state index in [1.807, 2.05) is 12.1 Å². The summed E-state index contributed by atoms with van der Waals surface area (Å²) in [6.45, 7) is 4.53. The Labute approximate surface area is 187 Å². The largest absolute Gasteiger partial charge is 0.371 e. The van der Waals surface area contributed by atoms with Crippen LogP contribution < -0.4 is 14.5 Å². The Kier molecular flexibility index (Phi) is 7.41. The van der Waals surface area contributed by atoms with Gasteiger partial charge in [-0.3, -0.25) is 9.10 Å². The first-order valence-corrected chi connectivity index (χ1v) is 12.7. The third kappa shape index (κ3) is 6.22. The molecule has 1 aliphatic rings. The minimum absolute atomic E-state index is 0.260. The van der Waals surface area contributed by atoms with Gasteiger partial charge in [0.2, 0.25) is 15.9 Å². The van der Waals surface area contributed by atoms with Crippen LogP contribution >= 0.6 is 15.9 Å². The number of halogens is 1. The van der Waals surface area contributed by atoms with Crippen LogP contribution in [0.15, 0.2) is 53.0 Å². The molecule has 1 atom stereocenters. The number of anilines is 2. The monoisotopic (exact) mass is 493 g/mol. The first-order valence-electron chi connectivity index (χ1n) is 10.1. The quantitative estimate of drug-likeness (QED) is 0.637. The van der Waals surface area contributed by atoms with Crippen LogP contribution in [0.1, 0.15) is 25.3 Å². The lowest BCUT2D eigenvalue weighted by Gasteiger charge is -2.32. The van der Waals surface area contributed by atoms with Crippen LogP contribution in [-0.2, 0) is 21.4 Å². The van der Waals surface area contributed by atoms with E-state index < -0.39 is 10.0 Å². The summed E-state index contributed by atoms with van der Waals surface area (Å²) in [4.78, 5) is 14.8. The maximum atomic E-state index is 12.4. The van der Waals surface area contributed by atoms with E-state index in [0.29, 0.717) is 18.2 Å².